The molecule has 30 heavy (non-hydrogen) atoms. The van der Waals surface area contributed by atoms with Crippen LogP contribution in [-0.2, 0) is 0 Å². The fraction of sp³-hybridized carbons (Fsp3) is 0.440. The average Bonchev–Trinajstić information content (AvgIpc) is 3.15. The number of aromatic nitrogens is 1. The first-order chi connectivity index (χ1) is 14.3. The molecule has 0 aliphatic heterocycles. The lowest BCUT2D eigenvalue weighted by molar-refractivity contribution is 0.168. The second-order valence-corrected chi connectivity index (χ2v) is 9.62. The van der Waals surface area contributed by atoms with Crippen LogP contribution >= 0.6 is 0 Å². The van der Waals surface area contributed by atoms with E-state index in [1.165, 1.54) is 0 Å². The Hall–Kier alpha value is -3.36. The number of benzene rings is 1. The summed E-state index contributed by atoms with van der Waals surface area (Å²) in [6.45, 7) is 6.64. The molecule has 0 bridgehead atoms. The molecule has 2 aromatic rings. The maximum absolute atomic E-state index is 10.2. The fourth-order valence-electron chi connectivity index (χ4n) is 5.42. The molecule has 5 heteroatoms. The van der Waals surface area contributed by atoms with Gasteiger partial charge in [0, 0.05) is 23.0 Å². The number of nitriles is 3. The van der Waals surface area contributed by atoms with E-state index in [4.69, 9.17) is 5.41 Å². The van der Waals surface area contributed by atoms with Crippen LogP contribution in [-0.4, -0.2) is 10.7 Å². The number of hydrogen-bond donors (Lipinski definition) is 2. The highest BCUT2D eigenvalue weighted by molar-refractivity contribution is 6.01. The van der Waals surface area contributed by atoms with Gasteiger partial charge in [0.2, 0.25) is 0 Å². The van der Waals surface area contributed by atoms with Gasteiger partial charge in [-0.05, 0) is 47.3 Å². The molecule has 4 rings (SSSR count). The van der Waals surface area contributed by atoms with Gasteiger partial charge in [0.1, 0.15) is 5.92 Å². The van der Waals surface area contributed by atoms with Crippen LogP contribution in [0.15, 0.2) is 42.1 Å². The second kappa shape index (κ2) is 6.86. The van der Waals surface area contributed by atoms with E-state index in [1.807, 2.05) is 30.5 Å². The van der Waals surface area contributed by atoms with Crippen LogP contribution in [0, 0.1) is 68.0 Å². The van der Waals surface area contributed by atoms with Crippen molar-refractivity contribution in [3.8, 4) is 18.2 Å². The molecule has 4 atom stereocenters. The third-order valence-electron chi connectivity index (χ3n) is 7.18. The number of nitrogens with zero attached hydrogens (tertiary/aromatic N) is 3. The predicted octanol–water partition coefficient (Wildman–Crippen LogP) is 5.46. The van der Waals surface area contributed by atoms with E-state index in [0.29, 0.717) is 5.92 Å². The van der Waals surface area contributed by atoms with E-state index in [-0.39, 0.29) is 17.0 Å². The standard InChI is InChI=1S/C25H25N5/c1-24(2,3)15-8-9-16-18(10-15)22(20-12-30-21-7-5-4-6-17(20)21)25(13-27,14-28)23(29)19(16)11-26/h4-7,9,12,15,18-19,22,29-30H,8,10H2,1-3H3/t15-,18-,19?,22+/m0/s1. The van der Waals surface area contributed by atoms with Gasteiger partial charge in [-0.3, -0.25) is 0 Å². The Morgan fingerprint density at radius 3 is 2.47 bits per heavy atom. The molecule has 1 unspecified atom stereocenters. The lowest BCUT2D eigenvalue weighted by Gasteiger charge is -2.48. The largest absolute Gasteiger partial charge is 0.361 e. The first-order valence-corrected chi connectivity index (χ1v) is 10.4. The number of hydrogen-bond acceptors (Lipinski definition) is 4. The summed E-state index contributed by atoms with van der Waals surface area (Å²) in [6.07, 6.45) is 5.66. The van der Waals surface area contributed by atoms with Crippen molar-refractivity contribution in [3.05, 3.63) is 47.7 Å². The Kier molecular flexibility index (Phi) is 4.56. The van der Waals surface area contributed by atoms with Gasteiger partial charge in [0.25, 0.3) is 0 Å². The lowest BCUT2D eigenvalue weighted by atomic mass is 9.51. The van der Waals surface area contributed by atoms with Crippen molar-refractivity contribution in [2.75, 3.05) is 0 Å². The van der Waals surface area contributed by atoms with Crippen LogP contribution in [0.5, 0.6) is 0 Å². The van der Waals surface area contributed by atoms with Crippen molar-refractivity contribution >= 4 is 16.6 Å². The van der Waals surface area contributed by atoms with Gasteiger partial charge >= 0.3 is 0 Å². The molecule has 0 spiro atoms. The summed E-state index contributed by atoms with van der Waals surface area (Å²) in [4.78, 5) is 3.27. The summed E-state index contributed by atoms with van der Waals surface area (Å²) in [5.41, 5.74) is 1.08. The van der Waals surface area contributed by atoms with Gasteiger partial charge < -0.3 is 10.4 Å². The zero-order valence-electron chi connectivity index (χ0n) is 17.5. The van der Waals surface area contributed by atoms with Crippen molar-refractivity contribution in [1.29, 1.82) is 21.2 Å². The minimum absolute atomic E-state index is 0.0713. The van der Waals surface area contributed by atoms with Gasteiger partial charge in [0.05, 0.1) is 23.9 Å². The first kappa shape index (κ1) is 19.9. The van der Waals surface area contributed by atoms with E-state index in [1.54, 1.807) is 0 Å². The summed E-state index contributed by atoms with van der Waals surface area (Å²) in [7, 11) is 0. The molecule has 150 valence electrons. The highest BCUT2D eigenvalue weighted by atomic mass is 14.7. The van der Waals surface area contributed by atoms with E-state index in [0.717, 1.165) is 34.9 Å². The fourth-order valence-corrected chi connectivity index (χ4v) is 5.42. The van der Waals surface area contributed by atoms with Crippen molar-refractivity contribution in [3.63, 3.8) is 0 Å². The molecule has 2 N–H and O–H groups in total. The van der Waals surface area contributed by atoms with E-state index in [2.05, 4.69) is 50.0 Å². The predicted molar refractivity (Wildman–Crippen MR) is 115 cm³/mol. The molecule has 0 radical (unpaired) electrons. The summed E-state index contributed by atoms with van der Waals surface area (Å²) in [5, 5.41) is 40.1. The van der Waals surface area contributed by atoms with Crippen LogP contribution in [0.4, 0.5) is 0 Å². The molecule has 1 heterocycles. The summed E-state index contributed by atoms with van der Waals surface area (Å²) in [5.74, 6) is -1.05. The molecule has 5 nitrogen and oxygen atoms in total. The minimum Gasteiger partial charge on any atom is -0.361 e. The first-order valence-electron chi connectivity index (χ1n) is 10.4. The third-order valence-corrected chi connectivity index (χ3v) is 7.18. The van der Waals surface area contributed by atoms with Crippen LogP contribution in [0.25, 0.3) is 10.9 Å². The van der Waals surface area contributed by atoms with Crippen molar-refractivity contribution in [2.24, 2.45) is 28.6 Å². The molecule has 1 aromatic carbocycles. The summed E-state index contributed by atoms with van der Waals surface area (Å²) in [6, 6.07) is 14.5. The second-order valence-electron chi connectivity index (χ2n) is 9.62. The van der Waals surface area contributed by atoms with Gasteiger partial charge in [-0.25, -0.2) is 0 Å². The van der Waals surface area contributed by atoms with Crippen LogP contribution < -0.4 is 0 Å². The molecular weight excluding hydrogens is 370 g/mol. The number of allylic oxidation sites excluding steroid dienone is 2. The Labute approximate surface area is 177 Å². The Balaban J connectivity index is 1.99. The molecule has 2 aliphatic rings. The number of para-hydroxylation sites is 1. The normalized spacial score (nSPS) is 28.0. The Morgan fingerprint density at radius 1 is 1.13 bits per heavy atom. The molecule has 1 fully saturated rings. The molecule has 1 aromatic heterocycles. The third kappa shape index (κ3) is 2.68. The zero-order chi connectivity index (χ0) is 21.7. The smallest absolute Gasteiger partial charge is 0.189 e. The topological polar surface area (TPSA) is 111 Å². The van der Waals surface area contributed by atoms with E-state index in [9.17, 15) is 15.8 Å². The van der Waals surface area contributed by atoms with Gasteiger partial charge in [0.15, 0.2) is 5.41 Å². The number of fused-ring (bicyclic) bond motifs is 2. The lowest BCUT2D eigenvalue weighted by Crippen LogP contribution is -2.50. The quantitative estimate of drug-likeness (QED) is 0.625. The van der Waals surface area contributed by atoms with Crippen LogP contribution in [0.1, 0.15) is 45.1 Å². The molecular formula is C25H25N5. The van der Waals surface area contributed by atoms with Crippen molar-refractivity contribution < 1.29 is 0 Å². The van der Waals surface area contributed by atoms with Gasteiger partial charge in [-0.2, -0.15) is 15.8 Å². The molecule has 1 saturated carbocycles. The molecule has 0 amide bonds. The summed E-state index contributed by atoms with van der Waals surface area (Å²) < 4.78 is 0. The summed E-state index contributed by atoms with van der Waals surface area (Å²) >= 11 is 0. The van der Waals surface area contributed by atoms with Crippen LogP contribution in [0.2, 0.25) is 0 Å². The highest BCUT2D eigenvalue weighted by Crippen LogP contribution is 2.58. The van der Waals surface area contributed by atoms with Gasteiger partial charge in [-0.15, -0.1) is 0 Å². The van der Waals surface area contributed by atoms with Gasteiger partial charge in [-0.1, -0.05) is 45.0 Å². The molecule has 0 saturated heterocycles. The highest BCUT2D eigenvalue weighted by Gasteiger charge is 2.58. The number of aromatic amines is 1. The number of H-pyrrole nitrogens is 1. The Morgan fingerprint density at radius 2 is 1.83 bits per heavy atom. The van der Waals surface area contributed by atoms with E-state index < -0.39 is 17.3 Å². The molecule has 2 aliphatic carbocycles. The Bertz CT molecular complexity index is 1160. The monoisotopic (exact) mass is 395 g/mol. The van der Waals surface area contributed by atoms with Crippen molar-refractivity contribution in [2.45, 2.75) is 39.5 Å². The number of nitrogens with one attached hydrogen (secondary N) is 2. The van der Waals surface area contributed by atoms with E-state index >= 15 is 0 Å². The van der Waals surface area contributed by atoms with Crippen molar-refractivity contribution in [1.82, 2.24) is 4.98 Å². The zero-order valence-corrected chi connectivity index (χ0v) is 17.5. The van der Waals surface area contributed by atoms with Crippen LogP contribution in [0.3, 0.4) is 0 Å². The number of rotatable bonds is 1. The SMILES string of the molecule is CC(C)(C)[C@H]1CC=C2C(C#N)C(=N)C(C#N)(C#N)[C@@H](c3c[nH]c4ccccc34)[C@H]2C1. The maximum Gasteiger partial charge on any atom is 0.189 e. The maximum atomic E-state index is 10.2. The average molecular weight is 396 g/mol. The minimum atomic E-state index is -1.66.